The Balaban J connectivity index is 1.24. The summed E-state index contributed by atoms with van der Waals surface area (Å²) in [5.41, 5.74) is 8.36. The molecule has 0 fully saturated rings. The van der Waals surface area contributed by atoms with Gasteiger partial charge in [0.1, 0.15) is 5.82 Å². The maximum Gasteiger partial charge on any atom is 0.114 e. The summed E-state index contributed by atoms with van der Waals surface area (Å²) >= 11 is 0. The topological polar surface area (TPSA) is 17.8 Å². The van der Waals surface area contributed by atoms with Gasteiger partial charge in [0.15, 0.2) is 0 Å². The van der Waals surface area contributed by atoms with E-state index in [2.05, 4.69) is 120 Å². The van der Waals surface area contributed by atoms with Crippen LogP contribution in [0.1, 0.15) is 19.5 Å². The smallest absolute Gasteiger partial charge is 0.114 e. The van der Waals surface area contributed by atoms with Crippen molar-refractivity contribution in [2.24, 2.45) is 0 Å². The van der Waals surface area contributed by atoms with Gasteiger partial charge in [0.25, 0.3) is 0 Å². The first-order valence-corrected chi connectivity index (χ1v) is 15.8. The number of hydrogen-bond acceptors (Lipinski definition) is 1. The average Bonchev–Trinajstić information content (AvgIpc) is 3.57. The molecule has 9 rings (SSSR count). The number of hydrogen-bond donors (Lipinski definition) is 0. The molecule has 0 aliphatic rings. The normalized spacial score (nSPS) is 13.7. The Morgan fingerprint density at radius 3 is 1.87 bits per heavy atom. The molecule has 0 spiro atoms. The molecule has 0 unspecified atom stereocenters. The van der Waals surface area contributed by atoms with Crippen molar-refractivity contribution in [1.29, 1.82) is 0 Å². The molecule has 47 heavy (non-hydrogen) atoms. The fourth-order valence-corrected chi connectivity index (χ4v) is 7.22. The molecule has 222 valence electrons. The number of imidazole rings is 1. The molecule has 1 heterocycles. The maximum absolute atomic E-state index is 8.64. The third kappa shape index (κ3) is 4.45. The maximum atomic E-state index is 8.64. The van der Waals surface area contributed by atoms with Crippen LogP contribution in [0.15, 0.2) is 164 Å². The monoisotopic (exact) mass is 605 g/mol. The summed E-state index contributed by atoms with van der Waals surface area (Å²) in [6, 6.07) is 56.0. The van der Waals surface area contributed by atoms with Gasteiger partial charge in [-0.05, 0) is 96.0 Å². The van der Waals surface area contributed by atoms with Crippen LogP contribution in [-0.2, 0) is 6.37 Å². The van der Waals surface area contributed by atoms with Crippen LogP contribution in [0, 0.1) is 0 Å². The average molecular weight is 606 g/mol. The van der Waals surface area contributed by atoms with E-state index in [0.717, 1.165) is 33.0 Å². The van der Waals surface area contributed by atoms with Crippen molar-refractivity contribution in [2.75, 3.05) is 0 Å². The van der Waals surface area contributed by atoms with Crippen LogP contribution < -0.4 is 0 Å². The summed E-state index contributed by atoms with van der Waals surface area (Å²) < 4.78 is 42.9. The lowest BCUT2D eigenvalue weighted by molar-refractivity contribution is 0.908. The zero-order valence-corrected chi connectivity index (χ0v) is 25.5. The zero-order chi connectivity index (χ0) is 35.6. The van der Waals surface area contributed by atoms with Crippen LogP contribution in [0.4, 0.5) is 0 Å². The van der Waals surface area contributed by atoms with Gasteiger partial charge in [0, 0.05) is 18.9 Å². The molecule has 0 saturated carbocycles. The highest BCUT2D eigenvalue weighted by Crippen LogP contribution is 2.45. The summed E-state index contributed by atoms with van der Waals surface area (Å²) in [6.45, 7) is -2.91. The van der Waals surface area contributed by atoms with Crippen molar-refractivity contribution in [3.63, 3.8) is 0 Å². The van der Waals surface area contributed by atoms with E-state index in [9.17, 15) is 0 Å². The van der Waals surface area contributed by atoms with E-state index in [1.165, 1.54) is 32.7 Å². The number of benzene rings is 8. The minimum Gasteiger partial charge on any atom is -0.296 e. The van der Waals surface area contributed by atoms with Crippen molar-refractivity contribution in [3.8, 4) is 39.1 Å². The first-order valence-electron chi connectivity index (χ1n) is 18.3. The van der Waals surface area contributed by atoms with Gasteiger partial charge in [-0.2, -0.15) is 0 Å². The number of fused-ring (bicyclic) bond motifs is 4. The third-order valence-electron chi connectivity index (χ3n) is 9.25. The Bertz CT molecular complexity index is 2770. The molecule has 2 nitrogen and oxygen atoms in total. The second-order valence-corrected chi connectivity index (χ2v) is 11.9. The van der Waals surface area contributed by atoms with E-state index in [4.69, 9.17) is 6.85 Å². The van der Waals surface area contributed by atoms with Gasteiger partial charge >= 0.3 is 0 Å². The fraction of sp³-hybridized carbons (Fsp3) is 0.0444. The number of para-hydroxylation sites is 2. The molecule has 0 N–H and O–H groups in total. The highest BCUT2D eigenvalue weighted by molar-refractivity contribution is 6.23. The minimum atomic E-state index is -2.91. The van der Waals surface area contributed by atoms with E-state index < -0.39 is 13.2 Å². The standard InChI is InChI=1S/C45H32N2/c1-2-43-46-41-26-9-10-27-42(41)47(43)34-19-12-17-32(29-34)31-16-11-18-33(28-31)44-37-21-5-7-23-39(37)45(40-24-8-6-22-38(40)44)36-25-13-15-30-14-3-4-20-35(30)36/h3-29H,2H2,1H3/i1D3,2D2. The lowest BCUT2D eigenvalue weighted by Gasteiger charge is -2.19. The number of rotatable bonds is 5. The summed E-state index contributed by atoms with van der Waals surface area (Å²) in [5, 5.41) is 7.12. The molecule has 0 bridgehead atoms. The van der Waals surface area contributed by atoms with Crippen LogP contribution in [0.5, 0.6) is 0 Å². The fourth-order valence-electron chi connectivity index (χ4n) is 7.22. The molecule has 0 saturated heterocycles. The second kappa shape index (κ2) is 11.1. The predicted octanol–water partition coefficient (Wildman–Crippen LogP) is 12.0. The first-order chi connectivity index (χ1) is 25.2. The number of aryl methyl sites for hydroxylation is 1. The molecule has 9 aromatic rings. The van der Waals surface area contributed by atoms with E-state index in [-0.39, 0.29) is 5.82 Å². The van der Waals surface area contributed by atoms with Gasteiger partial charge in [0.2, 0.25) is 0 Å². The molecule has 0 aliphatic carbocycles. The quantitative estimate of drug-likeness (QED) is 0.178. The lowest BCUT2D eigenvalue weighted by atomic mass is 9.84. The summed E-state index contributed by atoms with van der Waals surface area (Å²) in [5.74, 6) is -0.149. The second-order valence-electron chi connectivity index (χ2n) is 11.9. The third-order valence-corrected chi connectivity index (χ3v) is 9.25. The highest BCUT2D eigenvalue weighted by atomic mass is 15.1. The largest absolute Gasteiger partial charge is 0.296 e. The molecule has 8 aromatic carbocycles. The molecule has 2 heteroatoms. The molecular weight excluding hydrogens is 569 g/mol. The van der Waals surface area contributed by atoms with Crippen molar-refractivity contribution in [3.05, 3.63) is 170 Å². The summed E-state index contributed by atoms with van der Waals surface area (Å²) in [7, 11) is 0. The minimum absolute atomic E-state index is 0.149. The van der Waals surface area contributed by atoms with Gasteiger partial charge < -0.3 is 0 Å². The van der Waals surface area contributed by atoms with Crippen LogP contribution >= 0.6 is 0 Å². The number of aromatic nitrogens is 2. The van der Waals surface area contributed by atoms with Crippen LogP contribution in [0.2, 0.25) is 0 Å². The number of nitrogens with zero attached hydrogens (tertiary/aromatic N) is 2. The van der Waals surface area contributed by atoms with E-state index in [0.29, 0.717) is 16.7 Å². The van der Waals surface area contributed by atoms with Crippen molar-refractivity contribution >= 4 is 43.4 Å². The van der Waals surface area contributed by atoms with Gasteiger partial charge in [-0.3, -0.25) is 4.57 Å². The molecule has 0 aliphatic heterocycles. The van der Waals surface area contributed by atoms with Crippen molar-refractivity contribution < 1.29 is 6.85 Å². The molecule has 1 aromatic heterocycles. The van der Waals surface area contributed by atoms with Gasteiger partial charge in [-0.25, -0.2) is 4.98 Å². The Kier molecular flexibility index (Phi) is 5.32. The highest BCUT2D eigenvalue weighted by Gasteiger charge is 2.18. The Morgan fingerprint density at radius 1 is 0.532 bits per heavy atom. The lowest BCUT2D eigenvalue weighted by Crippen LogP contribution is -2.00. The van der Waals surface area contributed by atoms with Crippen LogP contribution in [0.25, 0.3) is 82.4 Å². The van der Waals surface area contributed by atoms with Crippen LogP contribution in [0.3, 0.4) is 0 Å². The first kappa shape index (κ1) is 22.5. The molecular formula is C45H32N2. The van der Waals surface area contributed by atoms with E-state index in [1.807, 2.05) is 42.5 Å². The van der Waals surface area contributed by atoms with Gasteiger partial charge in [-0.1, -0.05) is 140 Å². The summed E-state index contributed by atoms with van der Waals surface area (Å²) in [6.07, 6.45) is -2.68. The van der Waals surface area contributed by atoms with Crippen molar-refractivity contribution in [2.45, 2.75) is 13.2 Å². The zero-order valence-electron chi connectivity index (χ0n) is 30.5. The molecule has 0 radical (unpaired) electrons. The SMILES string of the molecule is [2H]C([2H])([2H])C([2H])([2H])c1nc2ccccc2n1-c1cccc(-c2cccc(-c3c4ccccc4c(-c4cccc5ccccc45)c4ccccc34)c2)c1. The molecule has 0 atom stereocenters. The Morgan fingerprint density at radius 2 is 1.11 bits per heavy atom. The van der Waals surface area contributed by atoms with Crippen LogP contribution in [-0.4, -0.2) is 9.55 Å². The predicted molar refractivity (Wildman–Crippen MR) is 199 cm³/mol. The van der Waals surface area contributed by atoms with Gasteiger partial charge in [-0.15, -0.1) is 0 Å². The van der Waals surface area contributed by atoms with E-state index in [1.54, 1.807) is 10.6 Å². The summed E-state index contributed by atoms with van der Waals surface area (Å²) in [4.78, 5) is 4.51. The van der Waals surface area contributed by atoms with E-state index >= 15 is 0 Å². The molecule has 0 amide bonds. The van der Waals surface area contributed by atoms with Crippen molar-refractivity contribution in [1.82, 2.24) is 9.55 Å². The Labute approximate surface area is 281 Å². The Hall–Kier alpha value is -5.99. The van der Waals surface area contributed by atoms with Gasteiger partial charge in [0.05, 0.1) is 11.0 Å².